The SMILES string of the molecule is Cl.O=C(CNC1=NCCCCC1)c1ccc([N+](=O)[O-])cc1. The molecule has 1 aromatic carbocycles. The van der Waals surface area contributed by atoms with E-state index in [4.69, 9.17) is 0 Å². The van der Waals surface area contributed by atoms with Crippen molar-refractivity contribution in [1.29, 1.82) is 0 Å². The molecule has 6 nitrogen and oxygen atoms in total. The molecule has 21 heavy (non-hydrogen) atoms. The van der Waals surface area contributed by atoms with E-state index in [0.717, 1.165) is 31.6 Å². The molecular weight excluding hydrogens is 294 g/mol. The lowest BCUT2D eigenvalue weighted by molar-refractivity contribution is -0.384. The molecule has 0 fully saturated rings. The molecule has 0 saturated carbocycles. The van der Waals surface area contributed by atoms with Gasteiger partial charge in [0.05, 0.1) is 17.3 Å². The molecule has 7 heteroatoms. The molecule has 0 bridgehead atoms. The van der Waals surface area contributed by atoms with Crippen molar-refractivity contribution in [3.8, 4) is 0 Å². The highest BCUT2D eigenvalue weighted by Crippen LogP contribution is 2.12. The standard InChI is InChI=1S/C14H17N3O3.ClH/c18-13(10-16-14-4-2-1-3-9-15-14)11-5-7-12(8-6-11)17(19)20;/h5-8H,1-4,9-10H2,(H,15,16);1H. The third-order valence-corrected chi connectivity index (χ3v) is 3.23. The smallest absolute Gasteiger partial charge is 0.269 e. The van der Waals surface area contributed by atoms with E-state index in [1.54, 1.807) is 0 Å². The first-order valence-corrected chi connectivity index (χ1v) is 6.71. The summed E-state index contributed by atoms with van der Waals surface area (Å²) >= 11 is 0. The summed E-state index contributed by atoms with van der Waals surface area (Å²) in [4.78, 5) is 26.4. The van der Waals surface area contributed by atoms with Gasteiger partial charge in [0, 0.05) is 30.7 Å². The average molecular weight is 312 g/mol. The van der Waals surface area contributed by atoms with Gasteiger partial charge in [-0.15, -0.1) is 12.4 Å². The lowest BCUT2D eigenvalue weighted by Gasteiger charge is -2.07. The Morgan fingerprint density at radius 2 is 1.95 bits per heavy atom. The normalized spacial score (nSPS) is 14.4. The number of Topliss-reactive ketones (excluding diaryl/α,β-unsaturated/α-hetero) is 1. The van der Waals surface area contributed by atoms with Gasteiger partial charge >= 0.3 is 0 Å². The van der Waals surface area contributed by atoms with Crippen LogP contribution < -0.4 is 5.32 Å². The van der Waals surface area contributed by atoms with E-state index >= 15 is 0 Å². The highest BCUT2D eigenvalue weighted by molar-refractivity contribution is 6.00. The van der Waals surface area contributed by atoms with Gasteiger partial charge in [0.25, 0.3) is 5.69 Å². The zero-order valence-corrected chi connectivity index (χ0v) is 12.4. The largest absolute Gasteiger partial charge is 0.366 e. The topological polar surface area (TPSA) is 84.6 Å². The fraction of sp³-hybridized carbons (Fsp3) is 0.429. The van der Waals surface area contributed by atoms with Crippen LogP contribution >= 0.6 is 12.4 Å². The predicted molar refractivity (Wildman–Crippen MR) is 83.4 cm³/mol. The average Bonchev–Trinajstić information content (AvgIpc) is 2.73. The number of aliphatic imine (C=N–C) groups is 1. The van der Waals surface area contributed by atoms with Crippen LogP contribution in [0, 0.1) is 10.1 Å². The second kappa shape index (κ2) is 8.36. The molecule has 0 aliphatic carbocycles. The summed E-state index contributed by atoms with van der Waals surface area (Å²) in [5, 5.41) is 13.6. The van der Waals surface area contributed by atoms with Crippen LogP contribution in [0.25, 0.3) is 0 Å². The van der Waals surface area contributed by atoms with E-state index in [2.05, 4.69) is 10.3 Å². The summed E-state index contributed by atoms with van der Waals surface area (Å²) in [6.07, 6.45) is 4.25. The summed E-state index contributed by atoms with van der Waals surface area (Å²) in [6.45, 7) is 0.991. The summed E-state index contributed by atoms with van der Waals surface area (Å²) in [5.74, 6) is 0.796. The van der Waals surface area contributed by atoms with Crippen LogP contribution in [0.3, 0.4) is 0 Å². The van der Waals surface area contributed by atoms with Gasteiger partial charge in [-0.3, -0.25) is 19.9 Å². The Morgan fingerprint density at radius 1 is 1.24 bits per heavy atom. The lowest BCUT2D eigenvalue weighted by Crippen LogP contribution is -2.29. The van der Waals surface area contributed by atoms with Crippen molar-refractivity contribution in [2.24, 2.45) is 4.99 Å². The third-order valence-electron chi connectivity index (χ3n) is 3.23. The van der Waals surface area contributed by atoms with Crippen LogP contribution in [0.2, 0.25) is 0 Å². The van der Waals surface area contributed by atoms with Crippen molar-refractivity contribution in [2.75, 3.05) is 13.1 Å². The highest BCUT2D eigenvalue weighted by Gasteiger charge is 2.11. The van der Waals surface area contributed by atoms with Crippen LogP contribution in [-0.2, 0) is 0 Å². The Hall–Kier alpha value is -1.95. The minimum Gasteiger partial charge on any atom is -0.366 e. The number of ketones is 1. The number of carbonyl (C=O) groups excluding carboxylic acids is 1. The van der Waals surface area contributed by atoms with Crippen molar-refractivity contribution in [3.63, 3.8) is 0 Å². The molecule has 0 saturated heterocycles. The van der Waals surface area contributed by atoms with Gasteiger partial charge < -0.3 is 5.32 Å². The van der Waals surface area contributed by atoms with Gasteiger partial charge in [0.2, 0.25) is 0 Å². The van der Waals surface area contributed by atoms with E-state index in [0.29, 0.717) is 5.56 Å². The van der Waals surface area contributed by atoms with Crippen LogP contribution in [0.15, 0.2) is 29.3 Å². The molecule has 1 aromatic rings. The van der Waals surface area contributed by atoms with E-state index in [1.165, 1.54) is 30.7 Å². The lowest BCUT2D eigenvalue weighted by atomic mass is 10.1. The number of benzene rings is 1. The summed E-state index contributed by atoms with van der Waals surface area (Å²) < 4.78 is 0. The highest BCUT2D eigenvalue weighted by atomic mass is 35.5. The molecule has 0 unspecified atom stereocenters. The number of hydrogen-bond acceptors (Lipinski definition) is 5. The van der Waals surface area contributed by atoms with Crippen LogP contribution in [0.4, 0.5) is 5.69 Å². The Kier molecular flexibility index (Phi) is 6.81. The van der Waals surface area contributed by atoms with Crippen molar-refractivity contribution in [1.82, 2.24) is 5.32 Å². The Labute approximate surface area is 129 Å². The zero-order chi connectivity index (χ0) is 14.4. The van der Waals surface area contributed by atoms with Crippen LogP contribution in [0.1, 0.15) is 36.0 Å². The fourth-order valence-corrected chi connectivity index (χ4v) is 2.07. The van der Waals surface area contributed by atoms with Crippen molar-refractivity contribution in [3.05, 3.63) is 39.9 Å². The number of amidine groups is 1. The van der Waals surface area contributed by atoms with Gasteiger partial charge in [-0.05, 0) is 25.0 Å². The number of carbonyl (C=O) groups is 1. The summed E-state index contributed by atoms with van der Waals surface area (Å²) in [6, 6.07) is 5.65. The second-order valence-electron chi connectivity index (χ2n) is 4.72. The molecular formula is C14H18ClN3O3. The Bertz CT molecular complexity index is 529. The number of nitro benzene ring substituents is 1. The first-order valence-electron chi connectivity index (χ1n) is 6.71. The molecule has 0 amide bonds. The minimum atomic E-state index is -0.479. The predicted octanol–water partition coefficient (Wildman–Crippen LogP) is 2.76. The number of non-ortho nitro benzene ring substituents is 1. The number of nitrogens with zero attached hydrogens (tertiary/aromatic N) is 2. The second-order valence-corrected chi connectivity index (χ2v) is 4.72. The molecule has 0 spiro atoms. The van der Waals surface area contributed by atoms with Crippen molar-refractivity contribution in [2.45, 2.75) is 25.7 Å². The Balaban J connectivity index is 0.00000220. The zero-order valence-electron chi connectivity index (χ0n) is 11.6. The number of hydrogen-bond donors (Lipinski definition) is 1. The van der Waals surface area contributed by atoms with Gasteiger partial charge in [0.15, 0.2) is 5.78 Å². The maximum atomic E-state index is 12.0. The number of nitro groups is 1. The van der Waals surface area contributed by atoms with Gasteiger partial charge in [0.1, 0.15) is 0 Å². The van der Waals surface area contributed by atoms with Gasteiger partial charge in [-0.2, -0.15) is 0 Å². The van der Waals surface area contributed by atoms with Gasteiger partial charge in [-0.25, -0.2) is 0 Å². The molecule has 0 atom stereocenters. The Morgan fingerprint density at radius 3 is 2.62 bits per heavy atom. The number of halogens is 1. The van der Waals surface area contributed by atoms with Gasteiger partial charge in [-0.1, -0.05) is 6.42 Å². The summed E-state index contributed by atoms with van der Waals surface area (Å²) in [7, 11) is 0. The number of rotatable bonds is 4. The van der Waals surface area contributed by atoms with E-state index < -0.39 is 4.92 Å². The molecule has 114 valence electrons. The van der Waals surface area contributed by atoms with E-state index in [-0.39, 0.29) is 30.4 Å². The first-order chi connectivity index (χ1) is 9.66. The van der Waals surface area contributed by atoms with Crippen molar-refractivity contribution < 1.29 is 9.72 Å². The molecule has 2 rings (SSSR count). The van der Waals surface area contributed by atoms with E-state index in [1.807, 2.05) is 0 Å². The maximum absolute atomic E-state index is 12.0. The number of nitrogens with one attached hydrogen (secondary N) is 1. The monoisotopic (exact) mass is 311 g/mol. The third kappa shape index (κ3) is 5.15. The summed E-state index contributed by atoms with van der Waals surface area (Å²) in [5.41, 5.74) is 0.458. The molecule has 0 aromatic heterocycles. The first kappa shape index (κ1) is 17.1. The fourth-order valence-electron chi connectivity index (χ4n) is 2.07. The molecule has 1 aliphatic heterocycles. The molecule has 0 radical (unpaired) electrons. The quantitative estimate of drug-likeness (QED) is 0.526. The van der Waals surface area contributed by atoms with Crippen molar-refractivity contribution >= 4 is 29.7 Å². The van der Waals surface area contributed by atoms with Crippen LogP contribution in [-0.4, -0.2) is 29.6 Å². The molecule has 1 aliphatic rings. The molecule has 1 N–H and O–H groups in total. The minimum absolute atomic E-state index is 0. The molecule has 1 heterocycles. The van der Waals surface area contributed by atoms with Crippen LogP contribution in [0.5, 0.6) is 0 Å². The van der Waals surface area contributed by atoms with E-state index in [9.17, 15) is 14.9 Å². The maximum Gasteiger partial charge on any atom is 0.269 e.